The van der Waals surface area contributed by atoms with Crippen molar-refractivity contribution in [1.29, 1.82) is 0 Å². The first-order valence-electron chi connectivity index (χ1n) is 8.28. The third kappa shape index (κ3) is 4.97. The summed E-state index contributed by atoms with van der Waals surface area (Å²) in [6.07, 6.45) is -2.00. The molecule has 0 radical (unpaired) electrons. The largest absolute Gasteiger partial charge is 0.573 e. The molecule has 1 aromatic carbocycles. The molecule has 10 heteroatoms. The van der Waals surface area contributed by atoms with Crippen molar-refractivity contribution in [3.05, 3.63) is 42.4 Å². The average molecular weight is 393 g/mol. The number of nitrogens with two attached hydrogens (primary N) is 1. The molecule has 0 aliphatic carbocycles. The molecule has 4 N–H and O–H groups in total. The van der Waals surface area contributed by atoms with Gasteiger partial charge in [-0.1, -0.05) is 0 Å². The standard InChI is InChI=1S/C18H18F3N5O2/c1-17(2,22)9-24-16(27)15-8-23-7-14(26-15)13-5-10-3-4-11(6-12(10)25-13)28-18(19,20)21/h3-8,25H,9,22H2,1-2H3,(H,24,27). The Morgan fingerprint density at radius 3 is 2.68 bits per heavy atom. The minimum atomic E-state index is -4.77. The zero-order chi connectivity index (χ0) is 20.5. The Hall–Kier alpha value is -3.14. The zero-order valence-corrected chi connectivity index (χ0v) is 15.1. The molecule has 7 nitrogen and oxygen atoms in total. The molecule has 2 heterocycles. The van der Waals surface area contributed by atoms with Crippen molar-refractivity contribution in [2.75, 3.05) is 6.54 Å². The number of benzene rings is 1. The van der Waals surface area contributed by atoms with E-state index in [0.717, 1.165) is 0 Å². The fourth-order valence-corrected chi connectivity index (χ4v) is 2.45. The van der Waals surface area contributed by atoms with Crippen LogP contribution in [-0.4, -0.2) is 39.3 Å². The number of halogens is 3. The van der Waals surface area contributed by atoms with Crippen LogP contribution in [0.1, 0.15) is 24.3 Å². The molecule has 0 aliphatic rings. The van der Waals surface area contributed by atoms with Crippen LogP contribution in [-0.2, 0) is 0 Å². The Bertz CT molecular complexity index is 1010. The molecule has 0 aliphatic heterocycles. The number of rotatable bonds is 5. The predicted molar refractivity (Wildman–Crippen MR) is 96.6 cm³/mol. The van der Waals surface area contributed by atoms with Gasteiger partial charge in [-0.25, -0.2) is 4.98 Å². The van der Waals surface area contributed by atoms with Gasteiger partial charge in [0.25, 0.3) is 5.91 Å². The summed E-state index contributed by atoms with van der Waals surface area (Å²) in [6.45, 7) is 3.80. The summed E-state index contributed by atoms with van der Waals surface area (Å²) in [7, 11) is 0. The molecule has 0 atom stereocenters. The Morgan fingerprint density at radius 1 is 1.25 bits per heavy atom. The van der Waals surface area contributed by atoms with E-state index in [1.807, 2.05) is 0 Å². The van der Waals surface area contributed by atoms with Gasteiger partial charge in [0.2, 0.25) is 0 Å². The smallest absolute Gasteiger partial charge is 0.406 e. The molecule has 1 amide bonds. The van der Waals surface area contributed by atoms with E-state index >= 15 is 0 Å². The molecule has 0 saturated carbocycles. The maximum absolute atomic E-state index is 12.4. The second kappa shape index (κ2) is 7.12. The highest BCUT2D eigenvalue weighted by atomic mass is 19.4. The molecular weight excluding hydrogens is 375 g/mol. The van der Waals surface area contributed by atoms with E-state index in [1.165, 1.54) is 30.6 Å². The molecule has 0 fully saturated rings. The van der Waals surface area contributed by atoms with Gasteiger partial charge in [0, 0.05) is 29.1 Å². The number of aromatic amines is 1. The van der Waals surface area contributed by atoms with Gasteiger partial charge < -0.3 is 20.8 Å². The normalized spacial score (nSPS) is 12.2. The number of H-pyrrole nitrogens is 1. The highest BCUT2D eigenvalue weighted by Crippen LogP contribution is 2.28. The van der Waals surface area contributed by atoms with Crippen LogP contribution in [0.25, 0.3) is 22.3 Å². The van der Waals surface area contributed by atoms with Crippen LogP contribution in [0.5, 0.6) is 5.75 Å². The number of alkyl halides is 3. The van der Waals surface area contributed by atoms with E-state index in [4.69, 9.17) is 5.73 Å². The molecule has 0 saturated heterocycles. The number of carbonyl (C=O) groups excluding carboxylic acids is 1. The number of nitrogens with one attached hydrogen (secondary N) is 2. The quantitative estimate of drug-likeness (QED) is 0.618. The average Bonchev–Trinajstić information content (AvgIpc) is 3.01. The molecule has 0 unspecified atom stereocenters. The van der Waals surface area contributed by atoms with E-state index in [2.05, 4.69) is 25.0 Å². The van der Waals surface area contributed by atoms with Crippen LogP contribution < -0.4 is 15.8 Å². The van der Waals surface area contributed by atoms with E-state index in [9.17, 15) is 18.0 Å². The van der Waals surface area contributed by atoms with Gasteiger partial charge in [0.1, 0.15) is 17.1 Å². The first-order chi connectivity index (χ1) is 13.0. The molecule has 3 aromatic rings. The van der Waals surface area contributed by atoms with E-state index in [0.29, 0.717) is 22.3 Å². The Balaban J connectivity index is 1.85. The van der Waals surface area contributed by atoms with Crippen molar-refractivity contribution < 1.29 is 22.7 Å². The number of hydrogen-bond acceptors (Lipinski definition) is 5. The number of amides is 1. The summed E-state index contributed by atoms with van der Waals surface area (Å²) in [5.41, 5.74) is 6.66. The van der Waals surface area contributed by atoms with Crippen molar-refractivity contribution in [2.45, 2.75) is 25.7 Å². The SMILES string of the molecule is CC(C)(N)CNC(=O)c1cncc(-c2cc3ccc(OC(F)(F)F)cc3[nH]2)n1. The minimum absolute atomic E-state index is 0.0986. The van der Waals surface area contributed by atoms with Crippen LogP contribution in [0.15, 0.2) is 36.7 Å². The van der Waals surface area contributed by atoms with Crippen molar-refractivity contribution in [3.8, 4) is 17.1 Å². The van der Waals surface area contributed by atoms with E-state index in [-0.39, 0.29) is 18.0 Å². The summed E-state index contributed by atoms with van der Waals surface area (Å²) in [4.78, 5) is 23.5. The number of hydrogen-bond donors (Lipinski definition) is 3. The highest BCUT2D eigenvalue weighted by Gasteiger charge is 2.31. The fraction of sp³-hybridized carbons (Fsp3) is 0.278. The maximum Gasteiger partial charge on any atom is 0.573 e. The molecule has 2 aromatic heterocycles. The van der Waals surface area contributed by atoms with Crippen molar-refractivity contribution in [3.63, 3.8) is 0 Å². The third-order valence-electron chi connectivity index (χ3n) is 3.68. The summed E-state index contributed by atoms with van der Waals surface area (Å²) in [5, 5.41) is 3.33. The lowest BCUT2D eigenvalue weighted by Crippen LogP contribution is -2.45. The minimum Gasteiger partial charge on any atom is -0.406 e. The second-order valence-electron chi connectivity index (χ2n) is 6.94. The lowest BCUT2D eigenvalue weighted by atomic mass is 10.1. The third-order valence-corrected chi connectivity index (χ3v) is 3.68. The first kappa shape index (κ1) is 19.6. The predicted octanol–water partition coefficient (Wildman–Crippen LogP) is 2.99. The second-order valence-corrected chi connectivity index (χ2v) is 6.94. The number of ether oxygens (including phenoxy) is 1. The van der Waals surface area contributed by atoms with Crippen LogP contribution >= 0.6 is 0 Å². The van der Waals surface area contributed by atoms with Gasteiger partial charge in [-0.2, -0.15) is 0 Å². The first-order valence-corrected chi connectivity index (χ1v) is 8.28. The molecule has 0 spiro atoms. The number of aromatic nitrogens is 3. The number of fused-ring (bicyclic) bond motifs is 1. The Morgan fingerprint density at radius 2 is 2.00 bits per heavy atom. The van der Waals surface area contributed by atoms with Crippen molar-refractivity contribution in [2.24, 2.45) is 5.73 Å². The maximum atomic E-state index is 12.4. The van der Waals surface area contributed by atoms with Crippen LogP contribution in [0.2, 0.25) is 0 Å². The summed E-state index contributed by atoms with van der Waals surface area (Å²) in [5.74, 6) is -0.762. The van der Waals surface area contributed by atoms with Gasteiger partial charge >= 0.3 is 6.36 Å². The van der Waals surface area contributed by atoms with E-state index < -0.39 is 17.8 Å². The fourth-order valence-electron chi connectivity index (χ4n) is 2.45. The Kier molecular flexibility index (Phi) is 4.99. The van der Waals surface area contributed by atoms with Crippen LogP contribution in [0.3, 0.4) is 0 Å². The Labute approximate surface area is 158 Å². The molecule has 28 heavy (non-hydrogen) atoms. The van der Waals surface area contributed by atoms with Gasteiger partial charge in [0.15, 0.2) is 0 Å². The summed E-state index contributed by atoms with van der Waals surface area (Å²) >= 11 is 0. The molecule has 148 valence electrons. The van der Waals surface area contributed by atoms with Gasteiger partial charge in [-0.15, -0.1) is 13.2 Å². The molecular formula is C18H18F3N5O2. The van der Waals surface area contributed by atoms with Gasteiger partial charge in [-0.05, 0) is 32.0 Å². The van der Waals surface area contributed by atoms with Crippen molar-refractivity contribution >= 4 is 16.8 Å². The zero-order valence-electron chi connectivity index (χ0n) is 15.1. The lowest BCUT2D eigenvalue weighted by Gasteiger charge is -2.18. The lowest BCUT2D eigenvalue weighted by molar-refractivity contribution is -0.274. The van der Waals surface area contributed by atoms with Crippen LogP contribution in [0, 0.1) is 0 Å². The monoisotopic (exact) mass is 393 g/mol. The van der Waals surface area contributed by atoms with Gasteiger partial charge in [0.05, 0.1) is 18.1 Å². The summed E-state index contributed by atoms with van der Waals surface area (Å²) < 4.78 is 41.0. The molecule has 0 bridgehead atoms. The molecule has 3 rings (SSSR count). The number of nitrogens with zero attached hydrogens (tertiary/aromatic N) is 2. The van der Waals surface area contributed by atoms with Gasteiger partial charge in [-0.3, -0.25) is 9.78 Å². The summed E-state index contributed by atoms with van der Waals surface area (Å²) in [6, 6.07) is 5.64. The number of carbonyl (C=O) groups is 1. The van der Waals surface area contributed by atoms with Crippen LogP contribution in [0.4, 0.5) is 13.2 Å². The van der Waals surface area contributed by atoms with Crippen molar-refractivity contribution in [1.82, 2.24) is 20.3 Å². The van der Waals surface area contributed by atoms with E-state index in [1.54, 1.807) is 19.9 Å². The highest BCUT2D eigenvalue weighted by molar-refractivity contribution is 5.93. The topological polar surface area (TPSA) is 106 Å².